The highest BCUT2D eigenvalue weighted by atomic mass is 32.1. The van der Waals surface area contributed by atoms with Gasteiger partial charge in [-0.05, 0) is 24.7 Å². The van der Waals surface area contributed by atoms with Crippen LogP contribution in [-0.4, -0.2) is 70.2 Å². The van der Waals surface area contributed by atoms with Crippen molar-refractivity contribution in [1.82, 2.24) is 15.5 Å². The third-order valence-electron chi connectivity index (χ3n) is 5.38. The molecule has 0 aromatic carbocycles. The molecule has 1 saturated heterocycles. The number of aliphatic carboxylic acids is 1. The molecule has 0 bridgehead atoms. The van der Waals surface area contributed by atoms with Crippen LogP contribution >= 0.6 is 12.6 Å². The topological polar surface area (TPSA) is 142 Å². The number of thiol groups is 1. The number of hydrogen-bond donors (Lipinski definition) is 5. The summed E-state index contributed by atoms with van der Waals surface area (Å²) in [4.78, 5) is 51.0. The number of amides is 3. The highest BCUT2D eigenvalue weighted by Crippen LogP contribution is 2.22. The summed E-state index contributed by atoms with van der Waals surface area (Å²) < 4.78 is 0. The van der Waals surface area contributed by atoms with Crippen LogP contribution in [0.3, 0.4) is 0 Å². The van der Waals surface area contributed by atoms with Gasteiger partial charge in [0.15, 0.2) is 0 Å². The number of likely N-dealkylation sites (tertiary alicyclic amines) is 1. The van der Waals surface area contributed by atoms with Crippen molar-refractivity contribution in [3.05, 3.63) is 0 Å². The van der Waals surface area contributed by atoms with E-state index in [0.717, 1.165) is 0 Å². The molecule has 0 aromatic rings. The first-order valence-corrected chi connectivity index (χ1v) is 10.7. The van der Waals surface area contributed by atoms with Gasteiger partial charge in [0.2, 0.25) is 17.7 Å². The number of carbonyl (C=O) groups excluding carboxylic acids is 3. The minimum absolute atomic E-state index is 0.147. The Morgan fingerprint density at radius 2 is 1.79 bits per heavy atom. The predicted octanol–water partition coefficient (Wildman–Crippen LogP) is -0.00920. The Kier molecular flexibility index (Phi) is 9.91. The zero-order chi connectivity index (χ0) is 22.3. The third-order valence-corrected chi connectivity index (χ3v) is 5.77. The lowest BCUT2D eigenvalue weighted by Crippen LogP contribution is -2.58. The van der Waals surface area contributed by atoms with Gasteiger partial charge in [0, 0.05) is 12.3 Å². The van der Waals surface area contributed by atoms with Gasteiger partial charge in [0.05, 0.1) is 6.04 Å². The van der Waals surface area contributed by atoms with Crippen LogP contribution in [0.4, 0.5) is 0 Å². The van der Waals surface area contributed by atoms with Crippen molar-refractivity contribution in [2.24, 2.45) is 17.6 Å². The number of nitrogens with zero attached hydrogens (tertiary/aromatic N) is 1. The number of rotatable bonds is 10. The second-order valence-electron chi connectivity index (χ2n) is 7.92. The number of carboxylic acids is 1. The smallest absolute Gasteiger partial charge is 0.326 e. The van der Waals surface area contributed by atoms with Gasteiger partial charge < -0.3 is 26.4 Å². The first kappa shape index (κ1) is 25.2. The average Bonchev–Trinajstić information content (AvgIpc) is 3.17. The predicted molar refractivity (Wildman–Crippen MR) is 112 cm³/mol. The average molecular weight is 431 g/mol. The quantitative estimate of drug-likeness (QED) is 0.309. The summed E-state index contributed by atoms with van der Waals surface area (Å²) in [5.41, 5.74) is 5.71. The largest absolute Gasteiger partial charge is 0.480 e. The van der Waals surface area contributed by atoms with Gasteiger partial charge in [-0.1, -0.05) is 34.1 Å². The zero-order valence-corrected chi connectivity index (χ0v) is 18.4. The highest BCUT2D eigenvalue weighted by Gasteiger charge is 2.40. The number of nitrogens with two attached hydrogens (primary N) is 1. The molecular formula is C19H34N4O5S. The van der Waals surface area contributed by atoms with Crippen LogP contribution in [0.25, 0.3) is 0 Å². The Labute approximate surface area is 177 Å². The van der Waals surface area contributed by atoms with Crippen molar-refractivity contribution in [1.29, 1.82) is 0 Å². The van der Waals surface area contributed by atoms with Crippen molar-refractivity contribution >= 4 is 36.3 Å². The summed E-state index contributed by atoms with van der Waals surface area (Å²) in [7, 11) is 0. The fourth-order valence-corrected chi connectivity index (χ4v) is 3.44. The normalized spacial score (nSPS) is 20.7. The molecule has 0 spiro atoms. The fourth-order valence-electron chi connectivity index (χ4n) is 3.27. The van der Waals surface area contributed by atoms with E-state index in [2.05, 4.69) is 23.3 Å². The first-order chi connectivity index (χ1) is 13.5. The summed E-state index contributed by atoms with van der Waals surface area (Å²) in [5, 5.41) is 14.6. The van der Waals surface area contributed by atoms with E-state index in [-0.39, 0.29) is 23.5 Å². The van der Waals surface area contributed by atoms with Gasteiger partial charge in [-0.25, -0.2) is 4.79 Å². The van der Waals surface area contributed by atoms with E-state index in [9.17, 15) is 24.3 Å². The molecule has 29 heavy (non-hydrogen) atoms. The van der Waals surface area contributed by atoms with Crippen LogP contribution < -0.4 is 16.4 Å². The molecule has 0 aromatic heterocycles. The molecule has 0 aliphatic carbocycles. The van der Waals surface area contributed by atoms with Gasteiger partial charge in [0.1, 0.15) is 18.1 Å². The van der Waals surface area contributed by atoms with Crippen LogP contribution in [0.5, 0.6) is 0 Å². The Morgan fingerprint density at radius 3 is 2.28 bits per heavy atom. The second-order valence-corrected chi connectivity index (χ2v) is 8.28. The lowest BCUT2D eigenvalue weighted by molar-refractivity contribution is -0.146. The molecule has 1 aliphatic rings. The monoisotopic (exact) mass is 430 g/mol. The molecule has 10 heteroatoms. The first-order valence-electron chi connectivity index (χ1n) is 10.1. The van der Waals surface area contributed by atoms with Crippen LogP contribution in [0, 0.1) is 11.8 Å². The molecule has 0 saturated carbocycles. The van der Waals surface area contributed by atoms with Crippen molar-refractivity contribution in [2.45, 2.75) is 71.1 Å². The van der Waals surface area contributed by atoms with Gasteiger partial charge in [-0.3, -0.25) is 14.4 Å². The van der Waals surface area contributed by atoms with Crippen molar-refractivity contribution < 1.29 is 24.3 Å². The second kappa shape index (κ2) is 11.4. The molecule has 5 unspecified atom stereocenters. The Hall–Kier alpha value is -1.81. The molecular weight excluding hydrogens is 396 g/mol. The number of hydrogen-bond acceptors (Lipinski definition) is 6. The maximum atomic E-state index is 13.2. The molecule has 1 rings (SSSR count). The van der Waals surface area contributed by atoms with Crippen LogP contribution in [0.1, 0.15) is 47.0 Å². The Morgan fingerprint density at radius 1 is 1.17 bits per heavy atom. The summed E-state index contributed by atoms with van der Waals surface area (Å²) in [5.74, 6) is -2.74. The third kappa shape index (κ3) is 6.60. The molecule has 1 fully saturated rings. The van der Waals surface area contributed by atoms with Crippen molar-refractivity contribution in [3.63, 3.8) is 0 Å². The van der Waals surface area contributed by atoms with E-state index in [4.69, 9.17) is 5.73 Å². The van der Waals surface area contributed by atoms with Crippen LogP contribution in [0.15, 0.2) is 0 Å². The van der Waals surface area contributed by atoms with Gasteiger partial charge >= 0.3 is 5.97 Å². The SMILES string of the molecule is CCC(C)C(NC(=O)C(N)CS)C(=O)N1CCCC1C(=O)NC(C(=O)O)C(C)C. The molecule has 5 atom stereocenters. The number of nitrogens with one attached hydrogen (secondary N) is 2. The lowest BCUT2D eigenvalue weighted by Gasteiger charge is -2.32. The van der Waals surface area contributed by atoms with Crippen LogP contribution in [-0.2, 0) is 19.2 Å². The van der Waals surface area contributed by atoms with Crippen molar-refractivity contribution in [3.8, 4) is 0 Å². The summed E-state index contributed by atoms with van der Waals surface area (Å²) >= 11 is 4.01. The summed E-state index contributed by atoms with van der Waals surface area (Å²) in [6.45, 7) is 7.53. The highest BCUT2D eigenvalue weighted by molar-refractivity contribution is 7.80. The van der Waals surface area contributed by atoms with Crippen LogP contribution in [0.2, 0.25) is 0 Å². The molecule has 1 heterocycles. The maximum Gasteiger partial charge on any atom is 0.326 e. The van der Waals surface area contributed by atoms with E-state index in [1.807, 2.05) is 13.8 Å². The van der Waals surface area contributed by atoms with E-state index in [0.29, 0.717) is 25.8 Å². The van der Waals surface area contributed by atoms with E-state index in [1.54, 1.807) is 13.8 Å². The Balaban J connectivity index is 2.98. The number of carboxylic acid groups (broad SMARTS) is 1. The molecule has 1 aliphatic heterocycles. The summed E-state index contributed by atoms with van der Waals surface area (Å²) in [6.07, 6.45) is 1.71. The lowest BCUT2D eigenvalue weighted by atomic mass is 9.97. The standard InChI is InChI=1S/C19H34N4O5S/c1-5-11(4)15(22-16(24)12(20)9-29)18(26)23-8-6-7-13(23)17(25)21-14(10(2)3)19(27)28/h10-15,29H,5-9,20H2,1-4H3,(H,21,25)(H,22,24)(H,27,28). The fraction of sp³-hybridized carbons (Fsp3) is 0.789. The molecule has 3 amide bonds. The number of carbonyl (C=O) groups is 4. The minimum Gasteiger partial charge on any atom is -0.480 e. The molecule has 166 valence electrons. The summed E-state index contributed by atoms with van der Waals surface area (Å²) in [6, 6.07) is -3.44. The maximum absolute atomic E-state index is 13.2. The zero-order valence-electron chi connectivity index (χ0n) is 17.6. The van der Waals surface area contributed by atoms with Crippen molar-refractivity contribution in [2.75, 3.05) is 12.3 Å². The van der Waals surface area contributed by atoms with Gasteiger partial charge in [-0.2, -0.15) is 12.6 Å². The Bertz CT molecular complexity index is 615. The van der Waals surface area contributed by atoms with E-state index >= 15 is 0 Å². The molecule has 9 nitrogen and oxygen atoms in total. The van der Waals surface area contributed by atoms with Gasteiger partial charge in [-0.15, -0.1) is 0 Å². The molecule has 0 radical (unpaired) electrons. The minimum atomic E-state index is -1.12. The van der Waals surface area contributed by atoms with Gasteiger partial charge in [0.25, 0.3) is 0 Å². The molecule has 5 N–H and O–H groups in total. The van der Waals surface area contributed by atoms with E-state index < -0.39 is 42.0 Å². The van der Waals surface area contributed by atoms with E-state index in [1.165, 1.54) is 4.90 Å².